The van der Waals surface area contributed by atoms with E-state index in [4.69, 9.17) is 4.74 Å². The highest BCUT2D eigenvalue weighted by molar-refractivity contribution is 6.12. The van der Waals surface area contributed by atoms with Crippen LogP contribution < -0.4 is 15.0 Å². The van der Waals surface area contributed by atoms with E-state index in [1.54, 1.807) is 36.4 Å². The second-order valence-corrected chi connectivity index (χ2v) is 11.4. The summed E-state index contributed by atoms with van der Waals surface area (Å²) in [6.07, 6.45) is 5.16. The summed E-state index contributed by atoms with van der Waals surface area (Å²) in [6, 6.07) is 31.3. The van der Waals surface area contributed by atoms with E-state index < -0.39 is 12.0 Å². The first kappa shape index (κ1) is 29.9. The van der Waals surface area contributed by atoms with Crippen molar-refractivity contribution in [2.75, 3.05) is 29.9 Å². The van der Waals surface area contributed by atoms with Gasteiger partial charge in [-0.25, -0.2) is 4.79 Å². The molecule has 0 unspecified atom stereocenters. The number of anilines is 2. The largest absolute Gasteiger partial charge is 0.494 e. The molecule has 0 aliphatic heterocycles. The molecule has 0 amide bonds. The fraction of sp³-hybridized carbons (Fsp3) is 0.297. The van der Waals surface area contributed by atoms with Gasteiger partial charge in [-0.15, -0.1) is 0 Å². The Kier molecular flexibility index (Phi) is 10.1. The van der Waals surface area contributed by atoms with E-state index in [0.29, 0.717) is 23.4 Å². The molecule has 1 atom stereocenters. The topological polar surface area (TPSA) is 78.9 Å². The van der Waals surface area contributed by atoms with Gasteiger partial charge in [0, 0.05) is 42.0 Å². The number of carbonyl (C=O) groups excluding carboxylic acids is 1. The van der Waals surface area contributed by atoms with Gasteiger partial charge in [-0.1, -0.05) is 79.2 Å². The van der Waals surface area contributed by atoms with E-state index in [0.717, 1.165) is 36.7 Å². The van der Waals surface area contributed by atoms with Gasteiger partial charge in [0.15, 0.2) is 5.78 Å². The fourth-order valence-electron chi connectivity index (χ4n) is 5.56. The summed E-state index contributed by atoms with van der Waals surface area (Å²) in [5.41, 5.74) is 4.98. The average Bonchev–Trinajstić information content (AvgIpc) is 3.01. The molecular weight excluding hydrogens is 536 g/mol. The van der Waals surface area contributed by atoms with Crippen LogP contribution in [0, 0.1) is 12.8 Å². The van der Waals surface area contributed by atoms with Crippen LogP contribution in [0.4, 0.5) is 11.4 Å². The molecule has 1 saturated carbocycles. The van der Waals surface area contributed by atoms with Crippen LogP contribution in [0.3, 0.4) is 0 Å². The standard InChI is InChI=1S/C37H40N2O4/c1-27-11-5-8-18-35(27)39(26-29-12-9-13-29)23-10-24-43-31-21-19-28(20-22-31)25-34(37(41)42)38-33-17-7-6-16-32(33)36(40)30-14-3-2-4-15-30/h2-8,11,14-22,29,34,38H,9-10,12-13,23-26H2,1H3,(H,41,42)/t34-/m0/s1. The van der Waals surface area contributed by atoms with Gasteiger partial charge in [0.25, 0.3) is 0 Å². The lowest BCUT2D eigenvalue weighted by molar-refractivity contribution is -0.137. The quantitative estimate of drug-likeness (QED) is 0.113. The van der Waals surface area contributed by atoms with E-state index >= 15 is 0 Å². The molecule has 6 nitrogen and oxygen atoms in total. The normalized spacial score (nSPS) is 13.5. The molecule has 1 aliphatic rings. The Morgan fingerprint density at radius 2 is 1.60 bits per heavy atom. The molecular formula is C37H40N2O4. The summed E-state index contributed by atoms with van der Waals surface area (Å²) < 4.78 is 6.06. The van der Waals surface area contributed by atoms with Crippen molar-refractivity contribution in [2.24, 2.45) is 5.92 Å². The Hall–Kier alpha value is -4.58. The Bertz CT molecular complexity index is 1500. The lowest BCUT2D eigenvalue weighted by Gasteiger charge is -2.34. The van der Waals surface area contributed by atoms with E-state index in [-0.39, 0.29) is 12.2 Å². The molecule has 6 heteroatoms. The summed E-state index contributed by atoms with van der Waals surface area (Å²) in [6.45, 7) is 4.83. The molecule has 222 valence electrons. The van der Waals surface area contributed by atoms with Gasteiger partial charge in [0.2, 0.25) is 0 Å². The van der Waals surface area contributed by atoms with Crippen LogP contribution in [-0.4, -0.2) is 42.6 Å². The van der Waals surface area contributed by atoms with Gasteiger partial charge in [-0.3, -0.25) is 4.79 Å². The molecule has 0 saturated heterocycles. The minimum atomic E-state index is -0.984. The zero-order valence-electron chi connectivity index (χ0n) is 24.7. The Morgan fingerprint density at radius 3 is 2.30 bits per heavy atom. The van der Waals surface area contributed by atoms with Crippen molar-refractivity contribution in [2.45, 2.75) is 45.1 Å². The molecule has 0 heterocycles. The van der Waals surface area contributed by atoms with Gasteiger partial charge in [-0.05, 0) is 73.6 Å². The number of hydrogen-bond acceptors (Lipinski definition) is 5. The summed E-state index contributed by atoms with van der Waals surface area (Å²) in [7, 11) is 0. The van der Waals surface area contributed by atoms with Crippen molar-refractivity contribution in [3.8, 4) is 5.75 Å². The van der Waals surface area contributed by atoms with Crippen LogP contribution in [0.15, 0.2) is 103 Å². The smallest absolute Gasteiger partial charge is 0.326 e. The minimum absolute atomic E-state index is 0.153. The van der Waals surface area contributed by atoms with Crippen molar-refractivity contribution in [3.05, 3.63) is 125 Å². The average molecular weight is 577 g/mol. The second-order valence-electron chi connectivity index (χ2n) is 11.4. The molecule has 2 N–H and O–H groups in total. The fourth-order valence-corrected chi connectivity index (χ4v) is 5.56. The minimum Gasteiger partial charge on any atom is -0.494 e. The number of carboxylic acid groups (broad SMARTS) is 1. The van der Waals surface area contributed by atoms with Crippen LogP contribution in [0.1, 0.15) is 52.7 Å². The first-order valence-electron chi connectivity index (χ1n) is 15.2. The number of benzene rings is 4. The monoisotopic (exact) mass is 576 g/mol. The highest BCUT2D eigenvalue weighted by Gasteiger charge is 2.23. The summed E-state index contributed by atoms with van der Waals surface area (Å²) >= 11 is 0. The van der Waals surface area contributed by atoms with Crippen molar-refractivity contribution >= 4 is 23.1 Å². The third-order valence-electron chi connectivity index (χ3n) is 8.20. The molecule has 1 fully saturated rings. The van der Waals surface area contributed by atoms with Gasteiger partial charge in [-0.2, -0.15) is 0 Å². The predicted octanol–water partition coefficient (Wildman–Crippen LogP) is 7.41. The van der Waals surface area contributed by atoms with Crippen LogP contribution in [0.25, 0.3) is 0 Å². The Balaban J connectivity index is 1.16. The number of hydrogen-bond donors (Lipinski definition) is 2. The SMILES string of the molecule is Cc1ccccc1N(CCCOc1ccc(C[C@H](Nc2ccccc2C(=O)c2ccccc2)C(=O)O)cc1)CC1CCC1. The molecule has 5 rings (SSSR count). The molecule has 4 aromatic rings. The zero-order valence-corrected chi connectivity index (χ0v) is 24.7. The number of ether oxygens (including phenoxy) is 1. The lowest BCUT2D eigenvalue weighted by Crippen LogP contribution is -2.34. The van der Waals surface area contributed by atoms with Crippen LogP contribution in [0.5, 0.6) is 5.75 Å². The third kappa shape index (κ3) is 8.04. The molecule has 0 spiro atoms. The van der Waals surface area contributed by atoms with Crippen LogP contribution in [0.2, 0.25) is 0 Å². The van der Waals surface area contributed by atoms with Crippen molar-refractivity contribution in [1.29, 1.82) is 0 Å². The van der Waals surface area contributed by atoms with Crippen molar-refractivity contribution in [1.82, 2.24) is 0 Å². The number of aryl methyl sites for hydroxylation is 1. The number of nitrogens with one attached hydrogen (secondary N) is 1. The molecule has 0 aromatic heterocycles. The highest BCUT2D eigenvalue weighted by Crippen LogP contribution is 2.30. The number of aliphatic carboxylic acids is 1. The van der Waals surface area contributed by atoms with E-state index in [1.807, 2.05) is 42.5 Å². The summed E-state index contributed by atoms with van der Waals surface area (Å²) in [4.78, 5) is 27.8. The van der Waals surface area contributed by atoms with Gasteiger partial charge in [0.1, 0.15) is 11.8 Å². The maximum atomic E-state index is 13.1. The maximum absolute atomic E-state index is 13.1. The van der Waals surface area contributed by atoms with Gasteiger partial charge < -0.3 is 20.1 Å². The summed E-state index contributed by atoms with van der Waals surface area (Å²) in [5, 5.41) is 13.1. The second kappa shape index (κ2) is 14.5. The molecule has 0 bridgehead atoms. The first-order valence-corrected chi connectivity index (χ1v) is 15.2. The van der Waals surface area contributed by atoms with E-state index in [2.05, 4.69) is 41.4 Å². The van der Waals surface area contributed by atoms with Crippen LogP contribution in [-0.2, 0) is 11.2 Å². The first-order chi connectivity index (χ1) is 21.0. The number of nitrogens with zero attached hydrogens (tertiary/aromatic N) is 1. The van der Waals surface area contributed by atoms with E-state index in [1.165, 1.54) is 30.5 Å². The Morgan fingerprint density at radius 1 is 0.907 bits per heavy atom. The van der Waals surface area contributed by atoms with E-state index in [9.17, 15) is 14.7 Å². The lowest BCUT2D eigenvalue weighted by atomic mass is 9.85. The molecule has 4 aromatic carbocycles. The molecule has 43 heavy (non-hydrogen) atoms. The predicted molar refractivity (Wildman–Crippen MR) is 172 cm³/mol. The Labute approximate surface area is 254 Å². The molecule has 1 aliphatic carbocycles. The van der Waals surface area contributed by atoms with Gasteiger partial charge >= 0.3 is 5.97 Å². The summed E-state index contributed by atoms with van der Waals surface area (Å²) in [5.74, 6) is 0.417. The maximum Gasteiger partial charge on any atom is 0.326 e. The third-order valence-corrected chi connectivity index (χ3v) is 8.20. The molecule has 0 radical (unpaired) electrons. The number of rotatable bonds is 15. The number of ketones is 1. The zero-order chi connectivity index (χ0) is 30.0. The number of para-hydroxylation sites is 2. The van der Waals surface area contributed by atoms with Crippen LogP contribution >= 0.6 is 0 Å². The van der Waals surface area contributed by atoms with Gasteiger partial charge in [0.05, 0.1) is 6.61 Å². The van der Waals surface area contributed by atoms with Crippen molar-refractivity contribution < 1.29 is 19.4 Å². The highest BCUT2D eigenvalue weighted by atomic mass is 16.5. The van der Waals surface area contributed by atoms with Crippen molar-refractivity contribution in [3.63, 3.8) is 0 Å². The number of carboxylic acids is 1. The number of carbonyl (C=O) groups is 2.